The van der Waals surface area contributed by atoms with E-state index in [2.05, 4.69) is 55.6 Å². The number of ether oxygens (including phenoxy) is 2. The maximum atomic E-state index is 13.2. The molecule has 0 aromatic carbocycles. The summed E-state index contributed by atoms with van der Waals surface area (Å²) in [5.41, 5.74) is 0. The number of aliphatic hydroxyl groups excluding tert-OH is 7. The van der Waals surface area contributed by atoms with Gasteiger partial charge in [0.1, 0.15) is 36.6 Å². The van der Waals surface area contributed by atoms with Crippen LogP contribution in [0.3, 0.4) is 0 Å². The fourth-order valence-corrected chi connectivity index (χ4v) is 9.34. The first kappa shape index (κ1) is 66.3. The smallest absolute Gasteiger partial charge is 0.249 e. The van der Waals surface area contributed by atoms with Crippen LogP contribution in [0.25, 0.3) is 0 Å². The van der Waals surface area contributed by atoms with Crippen LogP contribution in [0.4, 0.5) is 0 Å². The number of amides is 1. The zero-order valence-electron chi connectivity index (χ0n) is 45.0. The Balaban J connectivity index is 2.32. The molecular formula is C59H111NO10. The van der Waals surface area contributed by atoms with Gasteiger partial charge in [0, 0.05) is 0 Å². The highest BCUT2D eigenvalue weighted by molar-refractivity contribution is 5.80. The standard InChI is InChI=1S/C59H111NO10/c1-3-5-7-9-11-13-15-17-19-21-22-23-24-25-26-27-28-29-30-31-33-34-36-38-40-42-44-46-51(62)54(64)50(49-69-59-57(67)56(66)55(65)53(48-61)70-59)60-58(68)52(63)47-45-43-41-39-37-35-32-20-18-16-14-12-10-8-6-4-2/h18,20,31,33,38,40,50-57,59,61-67H,3-17,19,21-30,32,34-37,39,41-49H2,1-2H3,(H,60,68)/b20-18-,33-31+,40-38+. The fraction of sp³-hybridized carbons (Fsp3) is 0.881. The summed E-state index contributed by atoms with van der Waals surface area (Å²) in [5, 5.41) is 76.1. The molecule has 0 aromatic rings. The second kappa shape index (κ2) is 48.3. The number of allylic oxidation sites excluding steroid dienone is 6. The minimum atomic E-state index is -1.67. The Morgan fingerprint density at radius 1 is 0.486 bits per heavy atom. The Morgan fingerprint density at radius 3 is 1.27 bits per heavy atom. The van der Waals surface area contributed by atoms with Gasteiger partial charge >= 0.3 is 0 Å². The van der Waals surface area contributed by atoms with E-state index in [1.807, 2.05) is 0 Å². The van der Waals surface area contributed by atoms with Gasteiger partial charge in [-0.25, -0.2) is 0 Å². The topological polar surface area (TPSA) is 189 Å². The van der Waals surface area contributed by atoms with E-state index < -0.39 is 74.2 Å². The summed E-state index contributed by atoms with van der Waals surface area (Å²) in [6.07, 6.45) is 47.8. The molecule has 70 heavy (non-hydrogen) atoms. The zero-order chi connectivity index (χ0) is 51.1. The molecule has 412 valence electrons. The van der Waals surface area contributed by atoms with Crippen LogP contribution in [0.5, 0.6) is 0 Å². The van der Waals surface area contributed by atoms with Gasteiger partial charge in [-0.3, -0.25) is 4.79 Å². The van der Waals surface area contributed by atoms with Crippen molar-refractivity contribution in [2.24, 2.45) is 0 Å². The van der Waals surface area contributed by atoms with Crippen LogP contribution in [0.1, 0.15) is 264 Å². The maximum Gasteiger partial charge on any atom is 0.249 e. The lowest BCUT2D eigenvalue weighted by Crippen LogP contribution is -2.60. The molecule has 0 saturated carbocycles. The predicted octanol–water partition coefficient (Wildman–Crippen LogP) is 12.3. The van der Waals surface area contributed by atoms with E-state index in [0.717, 1.165) is 57.8 Å². The summed E-state index contributed by atoms with van der Waals surface area (Å²) in [6, 6.07) is -1.19. The molecule has 0 spiro atoms. The van der Waals surface area contributed by atoms with Crippen molar-refractivity contribution in [2.45, 2.75) is 319 Å². The minimum absolute atomic E-state index is 0.244. The molecule has 1 rings (SSSR count). The van der Waals surface area contributed by atoms with Crippen molar-refractivity contribution in [1.29, 1.82) is 0 Å². The molecule has 1 saturated heterocycles. The molecule has 9 atom stereocenters. The second-order valence-corrected chi connectivity index (χ2v) is 20.7. The molecule has 1 amide bonds. The monoisotopic (exact) mass is 994 g/mol. The van der Waals surface area contributed by atoms with Gasteiger partial charge in [-0.15, -0.1) is 0 Å². The SMILES string of the molecule is CCCCCCCC/C=C\CCCCCCCCC(O)C(=O)NC(COC1OC(CO)C(O)C(O)C1O)C(O)C(O)CCC/C=C/CC/C=C/CCCCCCCCCCCCCCCCCCCC. The zero-order valence-corrected chi connectivity index (χ0v) is 45.0. The lowest BCUT2D eigenvalue weighted by atomic mass is 9.98. The highest BCUT2D eigenvalue weighted by Crippen LogP contribution is 2.23. The van der Waals surface area contributed by atoms with Gasteiger partial charge in [-0.1, -0.05) is 224 Å². The van der Waals surface area contributed by atoms with Gasteiger partial charge in [-0.05, 0) is 77.0 Å². The number of hydrogen-bond acceptors (Lipinski definition) is 10. The lowest BCUT2D eigenvalue weighted by Gasteiger charge is -2.40. The number of aliphatic hydroxyl groups is 7. The summed E-state index contributed by atoms with van der Waals surface area (Å²) < 4.78 is 11.1. The normalized spacial score (nSPS) is 20.5. The van der Waals surface area contributed by atoms with Gasteiger partial charge in [-0.2, -0.15) is 0 Å². The summed E-state index contributed by atoms with van der Waals surface area (Å²) in [6.45, 7) is 3.45. The van der Waals surface area contributed by atoms with Gasteiger partial charge in [0.25, 0.3) is 0 Å². The molecule has 9 unspecified atom stereocenters. The summed E-state index contributed by atoms with van der Waals surface area (Å²) in [5.74, 6) is -0.714. The van der Waals surface area contributed by atoms with Crippen LogP contribution < -0.4 is 5.32 Å². The Kier molecular flexibility index (Phi) is 45.8. The fourth-order valence-electron chi connectivity index (χ4n) is 9.34. The molecule has 8 N–H and O–H groups in total. The molecule has 0 aliphatic carbocycles. The average molecular weight is 995 g/mol. The van der Waals surface area contributed by atoms with E-state index in [0.29, 0.717) is 19.3 Å². The van der Waals surface area contributed by atoms with Gasteiger partial charge in [0.15, 0.2) is 6.29 Å². The molecule has 11 nitrogen and oxygen atoms in total. The van der Waals surface area contributed by atoms with Gasteiger partial charge in [0.05, 0.1) is 25.4 Å². The van der Waals surface area contributed by atoms with Crippen molar-refractivity contribution < 1.29 is 50.0 Å². The van der Waals surface area contributed by atoms with Crippen LogP contribution in [-0.2, 0) is 14.3 Å². The number of carbonyl (C=O) groups excluding carboxylic acids is 1. The van der Waals surface area contributed by atoms with Crippen LogP contribution in [0, 0.1) is 0 Å². The molecule has 1 aliphatic heterocycles. The first-order chi connectivity index (χ1) is 34.2. The van der Waals surface area contributed by atoms with Crippen molar-refractivity contribution in [3.8, 4) is 0 Å². The molecular weight excluding hydrogens is 883 g/mol. The van der Waals surface area contributed by atoms with E-state index in [1.54, 1.807) is 0 Å². The Labute approximate surface area is 428 Å². The van der Waals surface area contributed by atoms with E-state index in [-0.39, 0.29) is 12.8 Å². The Bertz CT molecular complexity index is 1230. The number of hydrogen-bond donors (Lipinski definition) is 8. The molecule has 11 heteroatoms. The van der Waals surface area contributed by atoms with Crippen molar-refractivity contribution in [2.75, 3.05) is 13.2 Å². The van der Waals surface area contributed by atoms with Crippen LogP contribution >= 0.6 is 0 Å². The van der Waals surface area contributed by atoms with Crippen molar-refractivity contribution in [3.63, 3.8) is 0 Å². The number of rotatable bonds is 50. The first-order valence-corrected chi connectivity index (χ1v) is 29.4. The van der Waals surface area contributed by atoms with Gasteiger partial charge in [0.2, 0.25) is 5.91 Å². The lowest BCUT2D eigenvalue weighted by molar-refractivity contribution is -0.303. The van der Waals surface area contributed by atoms with Crippen LogP contribution in [0.2, 0.25) is 0 Å². The molecule has 0 radical (unpaired) electrons. The summed E-state index contributed by atoms with van der Waals surface area (Å²) in [7, 11) is 0. The van der Waals surface area contributed by atoms with Crippen molar-refractivity contribution in [1.82, 2.24) is 5.32 Å². The van der Waals surface area contributed by atoms with Crippen LogP contribution in [-0.4, -0.2) is 110 Å². The summed E-state index contributed by atoms with van der Waals surface area (Å²) >= 11 is 0. The molecule has 1 fully saturated rings. The number of nitrogens with one attached hydrogen (secondary N) is 1. The minimum Gasteiger partial charge on any atom is -0.394 e. The third kappa shape index (κ3) is 36.3. The van der Waals surface area contributed by atoms with Crippen molar-refractivity contribution in [3.05, 3.63) is 36.5 Å². The molecule has 1 aliphatic rings. The van der Waals surface area contributed by atoms with E-state index in [1.165, 1.54) is 161 Å². The Morgan fingerprint density at radius 2 is 0.857 bits per heavy atom. The largest absolute Gasteiger partial charge is 0.394 e. The molecule has 0 bridgehead atoms. The predicted molar refractivity (Wildman–Crippen MR) is 289 cm³/mol. The second-order valence-electron chi connectivity index (χ2n) is 20.7. The van der Waals surface area contributed by atoms with E-state index in [4.69, 9.17) is 9.47 Å². The quantitative estimate of drug-likeness (QED) is 0.0215. The Hall–Kier alpha value is -1.67. The number of unbranched alkanes of at least 4 members (excludes halogenated alkanes) is 32. The summed E-state index contributed by atoms with van der Waals surface area (Å²) in [4.78, 5) is 13.2. The molecule has 0 aromatic heterocycles. The average Bonchev–Trinajstić information content (AvgIpc) is 3.36. The third-order valence-electron chi connectivity index (χ3n) is 14.1. The van der Waals surface area contributed by atoms with E-state index in [9.17, 15) is 40.5 Å². The maximum absolute atomic E-state index is 13.2. The third-order valence-corrected chi connectivity index (χ3v) is 14.1. The van der Waals surface area contributed by atoms with Crippen LogP contribution in [0.15, 0.2) is 36.5 Å². The number of carbonyl (C=O) groups is 1. The van der Waals surface area contributed by atoms with Gasteiger partial charge < -0.3 is 50.5 Å². The highest BCUT2D eigenvalue weighted by Gasteiger charge is 2.44. The van der Waals surface area contributed by atoms with Crippen molar-refractivity contribution >= 4 is 5.91 Å². The highest BCUT2D eigenvalue weighted by atomic mass is 16.7. The van der Waals surface area contributed by atoms with E-state index >= 15 is 0 Å². The molecule has 1 heterocycles. The first-order valence-electron chi connectivity index (χ1n) is 29.4.